The van der Waals surface area contributed by atoms with Gasteiger partial charge in [-0.2, -0.15) is 0 Å². The molecular formula is C18H18N6O2. The summed E-state index contributed by atoms with van der Waals surface area (Å²) >= 11 is 0. The summed E-state index contributed by atoms with van der Waals surface area (Å²) in [6.45, 7) is 2.43. The van der Waals surface area contributed by atoms with Crippen molar-refractivity contribution in [1.82, 2.24) is 9.97 Å². The number of hydrazine groups is 1. The first-order valence-electron chi connectivity index (χ1n) is 8.09. The lowest BCUT2D eigenvalue weighted by atomic mass is 10.2. The van der Waals surface area contributed by atoms with Crippen molar-refractivity contribution in [2.75, 3.05) is 22.3 Å². The molecule has 2 aromatic carbocycles. The summed E-state index contributed by atoms with van der Waals surface area (Å²) in [5, 5.41) is 11.7. The van der Waals surface area contributed by atoms with Crippen LogP contribution in [0.5, 0.6) is 0 Å². The zero-order valence-corrected chi connectivity index (χ0v) is 14.2. The second kappa shape index (κ2) is 7.93. The Labute approximate surface area is 150 Å². The Balaban J connectivity index is 1.97. The maximum absolute atomic E-state index is 11.7. The fourth-order valence-electron chi connectivity index (χ4n) is 2.54. The van der Waals surface area contributed by atoms with E-state index in [0.717, 1.165) is 11.4 Å². The van der Waals surface area contributed by atoms with Gasteiger partial charge in [0.2, 0.25) is 11.6 Å². The van der Waals surface area contributed by atoms with Crippen LogP contribution >= 0.6 is 0 Å². The molecule has 0 aliphatic carbocycles. The predicted molar refractivity (Wildman–Crippen MR) is 101 cm³/mol. The average Bonchev–Trinajstić information content (AvgIpc) is 2.68. The molecule has 0 atom stereocenters. The van der Waals surface area contributed by atoms with E-state index in [9.17, 15) is 10.1 Å². The summed E-state index contributed by atoms with van der Waals surface area (Å²) in [6.07, 6.45) is 1.31. The molecule has 0 saturated carbocycles. The Kier molecular flexibility index (Phi) is 5.23. The second-order valence-electron chi connectivity index (χ2n) is 5.35. The fourth-order valence-corrected chi connectivity index (χ4v) is 2.54. The molecule has 1 heterocycles. The summed E-state index contributed by atoms with van der Waals surface area (Å²) < 4.78 is 0. The smallest absolute Gasteiger partial charge is 0.321 e. The number of anilines is 4. The highest BCUT2D eigenvalue weighted by atomic mass is 16.6. The highest BCUT2D eigenvalue weighted by Crippen LogP contribution is 2.35. The Hall–Kier alpha value is -3.68. The van der Waals surface area contributed by atoms with Crippen molar-refractivity contribution < 1.29 is 4.92 Å². The predicted octanol–water partition coefficient (Wildman–Crippen LogP) is 3.98. The van der Waals surface area contributed by atoms with E-state index in [-0.39, 0.29) is 17.3 Å². The summed E-state index contributed by atoms with van der Waals surface area (Å²) in [5.74, 6) is 0.328. The monoisotopic (exact) mass is 350 g/mol. The first-order chi connectivity index (χ1) is 12.7. The van der Waals surface area contributed by atoms with Crippen LogP contribution in [-0.4, -0.2) is 21.4 Å². The Morgan fingerprint density at radius 1 is 1.00 bits per heavy atom. The molecule has 8 heteroatoms. The van der Waals surface area contributed by atoms with Gasteiger partial charge in [0.15, 0.2) is 0 Å². The molecule has 1 aromatic heterocycles. The third-order valence-electron chi connectivity index (χ3n) is 3.72. The number of nitro groups is 1. The number of hydrogen-bond acceptors (Lipinski definition) is 7. The molecule has 8 nitrogen and oxygen atoms in total. The topological polar surface area (TPSA) is 96.2 Å². The SMILES string of the molecule is CCN(c1ccccc1)c1ncnc(NNc2ccccc2)c1[N+](=O)[O-]. The van der Waals surface area contributed by atoms with Crippen LogP contribution in [0.25, 0.3) is 0 Å². The molecule has 0 unspecified atom stereocenters. The number of para-hydroxylation sites is 2. The van der Waals surface area contributed by atoms with Crippen LogP contribution in [0.3, 0.4) is 0 Å². The van der Waals surface area contributed by atoms with Gasteiger partial charge in [0, 0.05) is 12.2 Å². The van der Waals surface area contributed by atoms with Crippen LogP contribution in [0.1, 0.15) is 6.92 Å². The van der Waals surface area contributed by atoms with E-state index in [0.29, 0.717) is 6.54 Å². The third-order valence-corrected chi connectivity index (χ3v) is 3.72. The number of rotatable bonds is 7. The van der Waals surface area contributed by atoms with Gasteiger partial charge < -0.3 is 4.90 Å². The van der Waals surface area contributed by atoms with Gasteiger partial charge in [-0.05, 0) is 31.2 Å². The maximum atomic E-state index is 11.7. The average molecular weight is 350 g/mol. The Bertz CT molecular complexity index is 873. The van der Waals surface area contributed by atoms with Crippen molar-refractivity contribution in [2.24, 2.45) is 0 Å². The Morgan fingerprint density at radius 3 is 2.27 bits per heavy atom. The van der Waals surface area contributed by atoms with E-state index in [1.165, 1.54) is 6.33 Å². The first-order valence-corrected chi connectivity index (χ1v) is 8.09. The van der Waals surface area contributed by atoms with Crippen molar-refractivity contribution in [1.29, 1.82) is 0 Å². The lowest BCUT2D eigenvalue weighted by Crippen LogP contribution is -2.21. The standard InChI is InChI=1S/C18H18N6O2/c1-2-23(15-11-7-4-8-12-15)18-16(24(25)26)17(19-13-20-18)22-21-14-9-5-3-6-10-14/h3-13,21H,2H2,1H3,(H,19,20,22). The van der Waals surface area contributed by atoms with Crippen LogP contribution in [0.4, 0.5) is 28.7 Å². The molecule has 0 aliphatic heterocycles. The molecule has 0 saturated heterocycles. The molecule has 2 N–H and O–H groups in total. The molecule has 132 valence electrons. The van der Waals surface area contributed by atoms with Crippen LogP contribution in [0.15, 0.2) is 67.0 Å². The van der Waals surface area contributed by atoms with Gasteiger partial charge in [0.25, 0.3) is 0 Å². The fraction of sp³-hybridized carbons (Fsp3) is 0.111. The van der Waals surface area contributed by atoms with Crippen LogP contribution < -0.4 is 15.8 Å². The van der Waals surface area contributed by atoms with E-state index in [1.54, 1.807) is 4.90 Å². The number of nitrogens with one attached hydrogen (secondary N) is 2. The van der Waals surface area contributed by atoms with E-state index in [2.05, 4.69) is 20.8 Å². The summed E-state index contributed by atoms with van der Waals surface area (Å²) in [6, 6.07) is 18.7. The zero-order chi connectivity index (χ0) is 18.4. The van der Waals surface area contributed by atoms with Gasteiger partial charge in [-0.1, -0.05) is 36.4 Å². The van der Waals surface area contributed by atoms with E-state index < -0.39 is 4.92 Å². The molecule has 0 bridgehead atoms. The zero-order valence-electron chi connectivity index (χ0n) is 14.2. The minimum Gasteiger partial charge on any atom is -0.321 e. The second-order valence-corrected chi connectivity index (χ2v) is 5.35. The van der Waals surface area contributed by atoms with Gasteiger partial charge in [0.05, 0.1) is 10.6 Å². The van der Waals surface area contributed by atoms with Gasteiger partial charge >= 0.3 is 5.69 Å². The lowest BCUT2D eigenvalue weighted by molar-refractivity contribution is -0.383. The molecule has 0 radical (unpaired) electrons. The minimum absolute atomic E-state index is 0.0956. The van der Waals surface area contributed by atoms with Crippen molar-refractivity contribution in [3.05, 3.63) is 77.1 Å². The Morgan fingerprint density at radius 2 is 1.65 bits per heavy atom. The summed E-state index contributed by atoms with van der Waals surface area (Å²) in [7, 11) is 0. The first kappa shape index (κ1) is 17.2. The number of aromatic nitrogens is 2. The normalized spacial score (nSPS) is 10.2. The van der Waals surface area contributed by atoms with E-state index >= 15 is 0 Å². The van der Waals surface area contributed by atoms with Crippen LogP contribution in [-0.2, 0) is 0 Å². The van der Waals surface area contributed by atoms with Crippen molar-refractivity contribution in [2.45, 2.75) is 6.92 Å². The van der Waals surface area contributed by atoms with E-state index in [4.69, 9.17) is 0 Å². The van der Waals surface area contributed by atoms with Gasteiger partial charge in [-0.25, -0.2) is 9.97 Å². The highest BCUT2D eigenvalue weighted by Gasteiger charge is 2.27. The molecule has 3 rings (SSSR count). The summed E-state index contributed by atoms with van der Waals surface area (Å²) in [5.41, 5.74) is 7.12. The molecule has 0 amide bonds. The minimum atomic E-state index is -0.476. The van der Waals surface area contributed by atoms with Crippen LogP contribution in [0, 0.1) is 10.1 Å². The van der Waals surface area contributed by atoms with Gasteiger partial charge in [0.1, 0.15) is 6.33 Å². The van der Waals surface area contributed by atoms with Gasteiger partial charge in [-0.15, -0.1) is 0 Å². The number of nitrogens with zero attached hydrogens (tertiary/aromatic N) is 4. The van der Waals surface area contributed by atoms with E-state index in [1.807, 2.05) is 67.6 Å². The molecule has 26 heavy (non-hydrogen) atoms. The highest BCUT2D eigenvalue weighted by molar-refractivity contribution is 5.76. The van der Waals surface area contributed by atoms with Crippen molar-refractivity contribution in [3.8, 4) is 0 Å². The quantitative estimate of drug-likeness (QED) is 0.491. The largest absolute Gasteiger partial charge is 0.355 e. The summed E-state index contributed by atoms with van der Waals surface area (Å²) in [4.78, 5) is 21.2. The number of hydrogen-bond donors (Lipinski definition) is 2. The molecule has 3 aromatic rings. The molecule has 0 aliphatic rings. The molecular weight excluding hydrogens is 332 g/mol. The number of benzene rings is 2. The van der Waals surface area contributed by atoms with Crippen LogP contribution in [0.2, 0.25) is 0 Å². The molecule has 0 fully saturated rings. The van der Waals surface area contributed by atoms with Gasteiger partial charge in [-0.3, -0.25) is 21.0 Å². The molecule has 0 spiro atoms. The third kappa shape index (κ3) is 3.69. The maximum Gasteiger partial charge on any atom is 0.355 e. The van der Waals surface area contributed by atoms with Crippen molar-refractivity contribution >= 4 is 28.7 Å². The lowest BCUT2D eigenvalue weighted by Gasteiger charge is -2.22. The van der Waals surface area contributed by atoms with Crippen molar-refractivity contribution in [3.63, 3.8) is 0 Å².